The molecule has 2 aromatic rings. The molecule has 0 saturated heterocycles. The van der Waals surface area contributed by atoms with Crippen LogP contribution in [0.25, 0.3) is 0 Å². The third kappa shape index (κ3) is 5.55. The van der Waals surface area contributed by atoms with Crippen molar-refractivity contribution in [2.75, 3.05) is 6.54 Å². The van der Waals surface area contributed by atoms with Crippen molar-refractivity contribution in [1.29, 1.82) is 0 Å². The largest absolute Gasteiger partial charge is 0.361 e. The third-order valence-corrected chi connectivity index (χ3v) is 4.01. The number of nitrogens with one attached hydrogen (secondary N) is 2. The van der Waals surface area contributed by atoms with Gasteiger partial charge in [0.25, 0.3) is 0 Å². The van der Waals surface area contributed by atoms with Crippen LogP contribution in [0.3, 0.4) is 0 Å². The second-order valence-corrected chi connectivity index (χ2v) is 5.65. The second kappa shape index (κ2) is 10.9. The van der Waals surface area contributed by atoms with E-state index in [1.165, 1.54) is 0 Å². The molecule has 0 saturated carbocycles. The first-order valence-corrected chi connectivity index (χ1v) is 8.54. The van der Waals surface area contributed by atoms with E-state index < -0.39 is 0 Å². The topological polar surface area (TPSA) is 93.2 Å². The highest BCUT2D eigenvalue weighted by Gasteiger charge is 2.13. The molecule has 0 atom stereocenters. The van der Waals surface area contributed by atoms with E-state index in [2.05, 4.69) is 51.4 Å². The molecular formula is C17H28IN7O. The van der Waals surface area contributed by atoms with Crippen LogP contribution in [0.4, 0.5) is 0 Å². The van der Waals surface area contributed by atoms with E-state index in [1.54, 1.807) is 6.08 Å². The Bertz CT molecular complexity index is 714. The molecule has 2 heterocycles. The van der Waals surface area contributed by atoms with Gasteiger partial charge < -0.3 is 19.7 Å². The van der Waals surface area contributed by atoms with Gasteiger partial charge in [-0.2, -0.15) is 0 Å². The molecule has 2 aromatic heterocycles. The number of guanidine groups is 1. The molecule has 0 bridgehead atoms. The lowest BCUT2D eigenvalue weighted by Gasteiger charge is -2.11. The van der Waals surface area contributed by atoms with Crippen LogP contribution in [0.1, 0.15) is 42.5 Å². The maximum absolute atomic E-state index is 5.40. The van der Waals surface area contributed by atoms with E-state index in [4.69, 9.17) is 4.52 Å². The number of aromatic nitrogens is 4. The van der Waals surface area contributed by atoms with Crippen molar-refractivity contribution in [3.63, 3.8) is 0 Å². The Morgan fingerprint density at radius 2 is 2.04 bits per heavy atom. The molecule has 0 radical (unpaired) electrons. The quantitative estimate of drug-likeness (QED) is 0.265. The van der Waals surface area contributed by atoms with Crippen LogP contribution >= 0.6 is 24.0 Å². The molecule has 26 heavy (non-hydrogen) atoms. The lowest BCUT2D eigenvalue weighted by molar-refractivity contribution is 0.380. The highest BCUT2D eigenvalue weighted by molar-refractivity contribution is 14.0. The lowest BCUT2D eigenvalue weighted by Crippen LogP contribution is -2.37. The molecule has 0 aliphatic carbocycles. The molecule has 0 aliphatic rings. The Labute approximate surface area is 171 Å². The van der Waals surface area contributed by atoms with Crippen LogP contribution in [-0.4, -0.2) is 32.4 Å². The molecule has 0 aromatic carbocycles. The Morgan fingerprint density at radius 3 is 2.62 bits per heavy atom. The fourth-order valence-electron chi connectivity index (χ4n) is 2.39. The Balaban J connectivity index is 0.00000338. The third-order valence-electron chi connectivity index (χ3n) is 4.01. The summed E-state index contributed by atoms with van der Waals surface area (Å²) < 4.78 is 7.35. The van der Waals surface area contributed by atoms with Crippen molar-refractivity contribution in [3.05, 3.63) is 41.3 Å². The predicted molar refractivity (Wildman–Crippen MR) is 113 cm³/mol. The summed E-state index contributed by atoms with van der Waals surface area (Å²) in [5, 5.41) is 18.8. The number of aliphatic imine (C=N–C) groups is 1. The zero-order chi connectivity index (χ0) is 18.2. The SMILES string of the molecule is C=CCNC(=NCc1c(CC)noc1CC)NCc1nnc(C)n1C.I. The molecule has 0 fully saturated rings. The van der Waals surface area contributed by atoms with Gasteiger partial charge in [0.2, 0.25) is 0 Å². The highest BCUT2D eigenvalue weighted by atomic mass is 127. The molecule has 0 unspecified atom stereocenters. The second-order valence-electron chi connectivity index (χ2n) is 5.65. The van der Waals surface area contributed by atoms with E-state index in [-0.39, 0.29) is 24.0 Å². The van der Waals surface area contributed by atoms with Crippen LogP contribution in [0, 0.1) is 6.92 Å². The summed E-state index contributed by atoms with van der Waals surface area (Å²) in [6.07, 6.45) is 3.42. The fraction of sp³-hybridized carbons (Fsp3) is 0.529. The average molecular weight is 473 g/mol. The summed E-state index contributed by atoms with van der Waals surface area (Å²) in [5.41, 5.74) is 2.03. The van der Waals surface area contributed by atoms with Crippen LogP contribution in [0.2, 0.25) is 0 Å². The van der Waals surface area contributed by atoms with Gasteiger partial charge in [-0.1, -0.05) is 25.1 Å². The smallest absolute Gasteiger partial charge is 0.192 e. The van der Waals surface area contributed by atoms with Crippen molar-refractivity contribution in [3.8, 4) is 0 Å². The van der Waals surface area contributed by atoms with E-state index in [0.29, 0.717) is 25.6 Å². The Hall–Kier alpha value is -1.91. The zero-order valence-electron chi connectivity index (χ0n) is 15.9. The van der Waals surface area contributed by atoms with Crippen molar-refractivity contribution in [1.82, 2.24) is 30.6 Å². The van der Waals surface area contributed by atoms with Gasteiger partial charge in [0.15, 0.2) is 11.8 Å². The summed E-state index contributed by atoms with van der Waals surface area (Å²) in [4.78, 5) is 4.66. The molecule has 9 heteroatoms. The number of halogens is 1. The number of hydrogen-bond donors (Lipinski definition) is 2. The van der Waals surface area contributed by atoms with Gasteiger partial charge in [0, 0.05) is 25.6 Å². The van der Waals surface area contributed by atoms with Crippen LogP contribution in [0.5, 0.6) is 0 Å². The summed E-state index contributed by atoms with van der Waals surface area (Å²) >= 11 is 0. The van der Waals surface area contributed by atoms with Gasteiger partial charge in [-0.05, 0) is 13.3 Å². The number of rotatable bonds is 8. The molecule has 2 N–H and O–H groups in total. The number of nitrogens with zero attached hydrogens (tertiary/aromatic N) is 5. The molecule has 144 valence electrons. The average Bonchev–Trinajstić information content (AvgIpc) is 3.17. The van der Waals surface area contributed by atoms with E-state index >= 15 is 0 Å². The van der Waals surface area contributed by atoms with Gasteiger partial charge in [-0.25, -0.2) is 4.99 Å². The Kier molecular flexibility index (Phi) is 9.31. The van der Waals surface area contributed by atoms with E-state index in [9.17, 15) is 0 Å². The van der Waals surface area contributed by atoms with Crippen molar-refractivity contribution < 1.29 is 4.52 Å². The normalized spacial score (nSPS) is 11.2. The van der Waals surface area contributed by atoms with Gasteiger partial charge in [0.1, 0.15) is 11.6 Å². The zero-order valence-corrected chi connectivity index (χ0v) is 18.2. The first kappa shape index (κ1) is 22.1. The van der Waals surface area contributed by atoms with Gasteiger partial charge >= 0.3 is 0 Å². The van der Waals surface area contributed by atoms with Crippen molar-refractivity contribution >= 4 is 29.9 Å². The summed E-state index contributed by atoms with van der Waals surface area (Å²) in [6.45, 7) is 11.4. The summed E-state index contributed by atoms with van der Waals surface area (Å²) in [6, 6.07) is 0. The van der Waals surface area contributed by atoms with Crippen LogP contribution in [0.15, 0.2) is 22.2 Å². The van der Waals surface area contributed by atoms with Crippen molar-refractivity contribution in [2.45, 2.75) is 46.7 Å². The molecule has 0 amide bonds. The molecule has 2 rings (SSSR count). The van der Waals surface area contributed by atoms with Crippen LogP contribution < -0.4 is 10.6 Å². The maximum atomic E-state index is 5.40. The minimum Gasteiger partial charge on any atom is -0.361 e. The molecule has 8 nitrogen and oxygen atoms in total. The highest BCUT2D eigenvalue weighted by Crippen LogP contribution is 2.16. The summed E-state index contributed by atoms with van der Waals surface area (Å²) in [5.74, 6) is 3.30. The minimum atomic E-state index is 0. The van der Waals surface area contributed by atoms with Gasteiger partial charge in [0.05, 0.1) is 18.8 Å². The fourth-order valence-corrected chi connectivity index (χ4v) is 2.39. The van der Waals surface area contributed by atoms with Crippen LogP contribution in [-0.2, 0) is 33.0 Å². The predicted octanol–water partition coefficient (Wildman–Crippen LogP) is 2.28. The minimum absolute atomic E-state index is 0. The maximum Gasteiger partial charge on any atom is 0.192 e. The summed E-state index contributed by atoms with van der Waals surface area (Å²) in [7, 11) is 1.94. The van der Waals surface area contributed by atoms with Gasteiger partial charge in [-0.15, -0.1) is 40.8 Å². The molecule has 0 aliphatic heterocycles. The monoisotopic (exact) mass is 473 g/mol. The number of hydrogen-bond acceptors (Lipinski definition) is 5. The molecule has 0 spiro atoms. The van der Waals surface area contributed by atoms with Crippen molar-refractivity contribution in [2.24, 2.45) is 12.0 Å². The first-order chi connectivity index (χ1) is 12.1. The number of aryl methyl sites for hydroxylation is 3. The standard InChI is InChI=1S/C17H27N7O.HI/c1-6-9-18-17(20-11-16-22-21-12(4)24(16)5)19-10-13-14(7-2)23-25-15(13)8-3;/h6H,1,7-11H2,2-5H3,(H2,18,19,20);1H. The molecular weight excluding hydrogens is 445 g/mol. The first-order valence-electron chi connectivity index (χ1n) is 8.54. The van der Waals surface area contributed by atoms with Gasteiger partial charge in [-0.3, -0.25) is 0 Å². The van der Waals surface area contributed by atoms with E-state index in [1.807, 2.05) is 18.5 Å². The Morgan fingerprint density at radius 1 is 1.27 bits per heavy atom. The lowest BCUT2D eigenvalue weighted by atomic mass is 10.1. The van der Waals surface area contributed by atoms with E-state index in [0.717, 1.165) is 41.5 Å².